The molecule has 0 aromatic carbocycles. The first-order valence-electron chi connectivity index (χ1n) is 12.9. The van der Waals surface area contributed by atoms with Crippen LogP contribution >= 0.6 is 31.6 Å². The van der Waals surface area contributed by atoms with Gasteiger partial charge in [-0.2, -0.15) is 13.9 Å². The van der Waals surface area contributed by atoms with Gasteiger partial charge in [0.1, 0.15) is 36.1 Å². The highest BCUT2D eigenvalue weighted by molar-refractivity contribution is 9.10. The lowest BCUT2D eigenvalue weighted by molar-refractivity contribution is -0.765. The number of nitrogens with two attached hydrogens (primary N) is 2. The number of nitrogens with one attached hydrogen (secondary N) is 1. The van der Waals surface area contributed by atoms with Crippen molar-refractivity contribution in [2.75, 3.05) is 18.9 Å². The number of primary amides is 1. The number of nitrogen functional groups attached to an aromatic ring is 1. The number of phosphoric acid groups is 2. The predicted molar refractivity (Wildman–Crippen MR) is 150 cm³/mol. The van der Waals surface area contributed by atoms with Gasteiger partial charge in [-0.05, 0) is 22.0 Å². The molecule has 46 heavy (non-hydrogen) atoms. The number of H-pyrrole nitrogens is 1. The molecule has 5 heterocycles. The molecule has 0 spiro atoms. The SMILES string of the molecule is NC(=O)c1ccc[n+]([C@H]2O[C@@H](COP(=O)(O)OP(=O)(O)OC[C@H]3O[C@@H](n4c(Br)nc5c(=O)[nH]c(N)nc54)[C@H](O)[C@@H]3O)[C@H](O)[C@@H]2O)c1. The number of carbonyl (C=O) groups is 1. The molecular formula is C21H27BrN7O15P2+. The largest absolute Gasteiger partial charge is 0.481 e. The van der Waals surface area contributed by atoms with Crippen molar-refractivity contribution in [2.24, 2.45) is 5.73 Å². The van der Waals surface area contributed by atoms with Crippen LogP contribution in [0.25, 0.3) is 11.2 Å². The number of amides is 1. The maximum absolute atomic E-state index is 12.5. The summed E-state index contributed by atoms with van der Waals surface area (Å²) < 4.78 is 51.9. The molecule has 2 fully saturated rings. The number of ether oxygens (including phenoxy) is 2. The number of aliphatic hydroxyl groups is 4. The van der Waals surface area contributed by atoms with Crippen LogP contribution in [-0.4, -0.2) is 105 Å². The number of phosphoric ester groups is 2. The highest BCUT2D eigenvalue weighted by atomic mass is 79.9. The van der Waals surface area contributed by atoms with E-state index in [1.165, 1.54) is 29.1 Å². The zero-order chi connectivity index (χ0) is 33.7. The lowest BCUT2D eigenvalue weighted by Crippen LogP contribution is -2.46. The van der Waals surface area contributed by atoms with Gasteiger partial charge in [0.15, 0.2) is 40.6 Å². The van der Waals surface area contributed by atoms with Crippen molar-refractivity contribution in [3.63, 3.8) is 0 Å². The number of nitrogens with zero attached hydrogens (tertiary/aromatic N) is 4. The van der Waals surface area contributed by atoms with Gasteiger partial charge in [0.25, 0.3) is 17.7 Å². The summed E-state index contributed by atoms with van der Waals surface area (Å²) in [6.07, 6.45) is -9.84. The Morgan fingerprint density at radius 1 is 1.04 bits per heavy atom. The molecule has 5 rings (SSSR count). The predicted octanol–water partition coefficient (Wildman–Crippen LogP) is -2.96. The van der Waals surface area contributed by atoms with Gasteiger partial charge in [-0.1, -0.05) is 0 Å². The van der Waals surface area contributed by atoms with Gasteiger partial charge in [-0.15, -0.1) is 0 Å². The minimum Gasteiger partial charge on any atom is -0.387 e. The number of carbonyl (C=O) groups excluding carboxylic acids is 1. The van der Waals surface area contributed by atoms with Gasteiger partial charge >= 0.3 is 15.6 Å². The second-order valence-electron chi connectivity index (χ2n) is 9.98. The number of hydrogen-bond acceptors (Lipinski definition) is 16. The molecule has 3 aromatic heterocycles. The van der Waals surface area contributed by atoms with Crippen LogP contribution in [0.1, 0.15) is 22.8 Å². The Labute approximate surface area is 264 Å². The van der Waals surface area contributed by atoms with E-state index in [-0.39, 0.29) is 27.4 Å². The summed E-state index contributed by atoms with van der Waals surface area (Å²) in [6, 6.07) is 2.81. The molecule has 0 radical (unpaired) electrons. The highest BCUT2D eigenvalue weighted by Crippen LogP contribution is 2.60. The number of hydrogen-bond donors (Lipinski definition) is 9. The Kier molecular flexibility index (Phi) is 9.82. The number of pyridine rings is 1. The van der Waals surface area contributed by atoms with Crippen LogP contribution in [-0.2, 0) is 32.0 Å². The molecule has 2 saturated heterocycles. The van der Waals surface area contributed by atoms with E-state index in [1.807, 2.05) is 0 Å². The number of anilines is 1. The number of imidazole rings is 1. The molecule has 11 N–H and O–H groups in total. The monoisotopic (exact) mass is 758 g/mol. The van der Waals surface area contributed by atoms with Gasteiger partial charge < -0.3 is 51.2 Å². The van der Waals surface area contributed by atoms with Crippen LogP contribution in [0.2, 0.25) is 0 Å². The number of aromatic amines is 1. The quantitative estimate of drug-likeness (QED) is 0.0536. The molecule has 2 unspecified atom stereocenters. The molecule has 3 aromatic rings. The Morgan fingerprint density at radius 2 is 1.65 bits per heavy atom. The molecule has 0 saturated carbocycles. The minimum absolute atomic E-state index is 0.0496. The maximum atomic E-state index is 12.5. The first-order chi connectivity index (χ1) is 21.5. The topological polar surface area (TPSA) is 338 Å². The molecular weight excluding hydrogens is 732 g/mol. The zero-order valence-corrected chi connectivity index (χ0v) is 26.3. The fourth-order valence-corrected chi connectivity index (χ4v) is 7.34. The van der Waals surface area contributed by atoms with E-state index < -0.39 is 89.4 Å². The van der Waals surface area contributed by atoms with E-state index >= 15 is 0 Å². The second-order valence-corrected chi connectivity index (χ2v) is 13.7. The van der Waals surface area contributed by atoms with Gasteiger partial charge in [-0.25, -0.2) is 14.1 Å². The second kappa shape index (κ2) is 13.1. The van der Waals surface area contributed by atoms with Crippen molar-refractivity contribution in [1.29, 1.82) is 0 Å². The molecule has 252 valence electrons. The number of aromatic nitrogens is 5. The van der Waals surface area contributed by atoms with Crippen molar-refractivity contribution in [1.82, 2.24) is 19.5 Å². The fourth-order valence-electron chi connectivity index (χ4n) is 4.70. The molecule has 2 aliphatic heterocycles. The molecule has 2 aliphatic rings. The molecule has 22 nitrogen and oxygen atoms in total. The van der Waals surface area contributed by atoms with Crippen molar-refractivity contribution in [2.45, 2.75) is 49.1 Å². The Balaban J connectivity index is 1.18. The first kappa shape index (κ1) is 34.6. The molecule has 10 atom stereocenters. The third-order valence-electron chi connectivity index (χ3n) is 6.87. The summed E-state index contributed by atoms with van der Waals surface area (Å²) in [7, 11) is -10.8. The number of fused-ring (bicyclic) bond motifs is 1. The van der Waals surface area contributed by atoms with Gasteiger partial charge in [0.2, 0.25) is 5.95 Å². The van der Waals surface area contributed by atoms with E-state index in [0.29, 0.717) is 0 Å². The summed E-state index contributed by atoms with van der Waals surface area (Å²) in [6.45, 7) is -1.89. The van der Waals surface area contributed by atoms with Crippen LogP contribution in [0.15, 0.2) is 34.1 Å². The third kappa shape index (κ3) is 7.07. The summed E-state index contributed by atoms with van der Waals surface area (Å²) >= 11 is 3.10. The van der Waals surface area contributed by atoms with Crippen LogP contribution < -0.4 is 21.6 Å². The maximum Gasteiger partial charge on any atom is 0.481 e. The smallest absolute Gasteiger partial charge is 0.387 e. The number of halogens is 1. The van der Waals surface area contributed by atoms with Crippen molar-refractivity contribution < 1.29 is 71.5 Å². The highest BCUT2D eigenvalue weighted by Gasteiger charge is 2.50. The minimum atomic E-state index is -5.43. The molecule has 25 heteroatoms. The summed E-state index contributed by atoms with van der Waals surface area (Å²) in [4.78, 5) is 53.9. The van der Waals surface area contributed by atoms with Crippen LogP contribution in [0.3, 0.4) is 0 Å². The van der Waals surface area contributed by atoms with E-state index in [1.54, 1.807) is 0 Å². The number of rotatable bonds is 11. The Morgan fingerprint density at radius 3 is 2.28 bits per heavy atom. The van der Waals surface area contributed by atoms with Crippen LogP contribution in [0, 0.1) is 0 Å². The Bertz CT molecular complexity index is 1790. The van der Waals surface area contributed by atoms with E-state index in [0.717, 1.165) is 4.57 Å². The van der Waals surface area contributed by atoms with Crippen molar-refractivity contribution in [3.8, 4) is 0 Å². The summed E-state index contributed by atoms with van der Waals surface area (Å²) in [5.41, 5.74) is 9.86. The lowest BCUT2D eigenvalue weighted by Gasteiger charge is -2.20. The zero-order valence-electron chi connectivity index (χ0n) is 22.9. The van der Waals surface area contributed by atoms with Gasteiger partial charge in [0.05, 0.1) is 13.2 Å². The normalized spacial score (nSPS) is 30.8. The van der Waals surface area contributed by atoms with E-state index in [9.17, 15) is 48.9 Å². The molecule has 1 amide bonds. The molecule has 0 aliphatic carbocycles. The average molecular weight is 759 g/mol. The summed E-state index contributed by atoms with van der Waals surface area (Å²) in [5.74, 6) is -1.06. The molecule has 0 bridgehead atoms. The van der Waals surface area contributed by atoms with E-state index in [4.69, 9.17) is 25.5 Å². The lowest BCUT2D eigenvalue weighted by atomic mass is 10.1. The van der Waals surface area contributed by atoms with Gasteiger partial charge in [0, 0.05) is 6.07 Å². The number of aliphatic hydroxyl groups excluding tert-OH is 4. The first-order valence-corrected chi connectivity index (χ1v) is 16.7. The van der Waals surface area contributed by atoms with Crippen molar-refractivity contribution >= 4 is 54.6 Å². The van der Waals surface area contributed by atoms with Crippen molar-refractivity contribution in [3.05, 3.63) is 45.2 Å². The average Bonchev–Trinajstić information content (AvgIpc) is 3.56. The third-order valence-corrected chi connectivity index (χ3v) is 10.0. The van der Waals surface area contributed by atoms with E-state index in [2.05, 4.69) is 39.7 Å². The summed E-state index contributed by atoms with van der Waals surface area (Å²) in [5, 5.41) is 41.8. The van der Waals surface area contributed by atoms with Crippen LogP contribution in [0.4, 0.5) is 5.95 Å². The van der Waals surface area contributed by atoms with Crippen LogP contribution in [0.5, 0.6) is 0 Å². The fraction of sp³-hybridized carbons (Fsp3) is 0.476. The Hall–Kier alpha value is -2.73. The standard InChI is InChI=1S/C21H26BrN7O15P2/c22-20-25-10-16(26-21(24)27-17(10)35)29(20)19-14(33)12(31)9(43-19)6-41-46(38,39)44-45(36,37)40-5-8-11(30)13(32)18(42-8)28-3-1-2-7(4-28)15(23)34/h1-4,8-9,11-14,18-19,30-33H,5-6H2,(H6-,23,24,26,27,34,35,36,37,38,39)/p+1/t8-,9+,11-,12+,13-,14+,18-,19+/m0/s1. The van der Waals surface area contributed by atoms with Gasteiger partial charge in [-0.3, -0.25) is 28.2 Å².